The van der Waals surface area contributed by atoms with E-state index in [0.29, 0.717) is 22.6 Å². The zero-order valence-electron chi connectivity index (χ0n) is 14.5. The summed E-state index contributed by atoms with van der Waals surface area (Å²) in [5, 5.41) is 21.3. The molecule has 0 saturated heterocycles. The van der Waals surface area contributed by atoms with Gasteiger partial charge in [0.05, 0.1) is 28.6 Å². The van der Waals surface area contributed by atoms with Gasteiger partial charge in [-0.25, -0.2) is 4.98 Å². The number of phenolic OH excluding ortho intramolecular Hbond substituents is 2. The van der Waals surface area contributed by atoms with Crippen molar-refractivity contribution in [2.24, 2.45) is 4.99 Å². The minimum Gasteiger partial charge on any atom is -0.507 e. The van der Waals surface area contributed by atoms with Crippen molar-refractivity contribution in [2.45, 2.75) is 0 Å². The van der Waals surface area contributed by atoms with Crippen molar-refractivity contribution in [1.82, 2.24) is 4.98 Å². The van der Waals surface area contributed by atoms with Crippen LogP contribution < -0.4 is 4.74 Å². The molecule has 0 unspecified atom stereocenters. The molecule has 4 rings (SSSR count). The van der Waals surface area contributed by atoms with Gasteiger partial charge >= 0.3 is 0 Å². The summed E-state index contributed by atoms with van der Waals surface area (Å²) in [5.74, 6) is 0.519. The lowest BCUT2D eigenvalue weighted by molar-refractivity contribution is 0.373. The second-order valence-electron chi connectivity index (χ2n) is 5.84. The largest absolute Gasteiger partial charge is 0.507 e. The number of ether oxygens (including phenoxy) is 1. The number of fused-ring (bicyclic) bond motifs is 1. The molecule has 0 spiro atoms. The highest BCUT2D eigenvalue weighted by Crippen LogP contribution is 2.37. The molecular formula is C21H16N2O3S. The van der Waals surface area contributed by atoms with Crippen LogP contribution in [0.3, 0.4) is 0 Å². The Bertz CT molecular complexity index is 1120. The highest BCUT2D eigenvalue weighted by Gasteiger charge is 2.11. The van der Waals surface area contributed by atoms with E-state index in [1.54, 1.807) is 36.4 Å². The topological polar surface area (TPSA) is 74.9 Å². The molecule has 0 amide bonds. The van der Waals surface area contributed by atoms with Gasteiger partial charge in [0.1, 0.15) is 10.8 Å². The molecule has 0 atom stereocenters. The first kappa shape index (κ1) is 17.1. The van der Waals surface area contributed by atoms with E-state index < -0.39 is 0 Å². The zero-order chi connectivity index (χ0) is 18.8. The van der Waals surface area contributed by atoms with Crippen molar-refractivity contribution in [1.29, 1.82) is 0 Å². The quantitative estimate of drug-likeness (QED) is 0.484. The van der Waals surface area contributed by atoms with E-state index >= 15 is 0 Å². The van der Waals surface area contributed by atoms with Gasteiger partial charge in [0.25, 0.3) is 0 Å². The van der Waals surface area contributed by atoms with Crippen LogP contribution >= 0.6 is 11.3 Å². The number of para-hydroxylation sites is 2. The van der Waals surface area contributed by atoms with E-state index in [2.05, 4.69) is 9.98 Å². The summed E-state index contributed by atoms with van der Waals surface area (Å²) in [4.78, 5) is 8.90. The first-order chi connectivity index (χ1) is 13.2. The zero-order valence-corrected chi connectivity index (χ0v) is 15.3. The number of aliphatic imine (C=N–C) groups is 1. The molecule has 2 N–H and O–H groups in total. The molecule has 0 saturated carbocycles. The summed E-state index contributed by atoms with van der Waals surface area (Å²) in [6.07, 6.45) is 1.53. The Morgan fingerprint density at radius 1 is 1.04 bits per heavy atom. The van der Waals surface area contributed by atoms with Gasteiger partial charge in [0, 0.05) is 17.8 Å². The fourth-order valence-electron chi connectivity index (χ4n) is 2.72. The Labute approximate surface area is 159 Å². The molecule has 1 aromatic heterocycles. The fourth-order valence-corrected chi connectivity index (χ4v) is 3.72. The summed E-state index contributed by atoms with van der Waals surface area (Å²) in [7, 11) is 1.49. The summed E-state index contributed by atoms with van der Waals surface area (Å²) >= 11 is 1.53. The predicted molar refractivity (Wildman–Crippen MR) is 109 cm³/mol. The Balaban J connectivity index is 1.64. The number of aromatic nitrogens is 1. The molecule has 4 aromatic rings. The van der Waals surface area contributed by atoms with E-state index in [1.165, 1.54) is 24.7 Å². The van der Waals surface area contributed by atoms with E-state index in [9.17, 15) is 10.2 Å². The van der Waals surface area contributed by atoms with Crippen LogP contribution in [0.15, 0.2) is 65.7 Å². The van der Waals surface area contributed by atoms with Gasteiger partial charge in [-0.15, -0.1) is 11.3 Å². The van der Waals surface area contributed by atoms with Gasteiger partial charge < -0.3 is 14.9 Å². The predicted octanol–water partition coefficient (Wildman–Crippen LogP) is 5.13. The number of rotatable bonds is 4. The van der Waals surface area contributed by atoms with Crippen molar-refractivity contribution in [3.05, 3.63) is 66.2 Å². The van der Waals surface area contributed by atoms with Gasteiger partial charge in [-0.05, 0) is 36.4 Å². The van der Waals surface area contributed by atoms with Crippen molar-refractivity contribution >= 4 is 33.5 Å². The SMILES string of the molecule is COc1cccc(C=Nc2ccc(-c3nc4ccccc4s3)c(O)c2)c1O. The van der Waals surface area contributed by atoms with Crippen LogP contribution in [-0.2, 0) is 0 Å². The van der Waals surface area contributed by atoms with Crippen LogP contribution in [0, 0.1) is 0 Å². The summed E-state index contributed by atoms with van der Waals surface area (Å²) in [6.45, 7) is 0. The third-order valence-electron chi connectivity index (χ3n) is 4.11. The first-order valence-corrected chi connectivity index (χ1v) is 9.06. The van der Waals surface area contributed by atoms with Gasteiger partial charge in [-0.2, -0.15) is 0 Å². The molecule has 6 heteroatoms. The van der Waals surface area contributed by atoms with Gasteiger partial charge in [0.2, 0.25) is 0 Å². The average Bonchev–Trinajstić information content (AvgIpc) is 3.11. The van der Waals surface area contributed by atoms with Crippen LogP contribution in [0.4, 0.5) is 5.69 Å². The van der Waals surface area contributed by atoms with Crippen LogP contribution in [0.5, 0.6) is 17.2 Å². The van der Waals surface area contributed by atoms with Gasteiger partial charge in [-0.3, -0.25) is 4.99 Å². The number of methoxy groups -OCH3 is 1. The first-order valence-electron chi connectivity index (χ1n) is 8.24. The molecule has 0 bridgehead atoms. The molecule has 0 aliphatic heterocycles. The Hall–Kier alpha value is -3.38. The summed E-state index contributed by atoms with van der Waals surface area (Å²) in [6, 6.07) is 18.2. The van der Waals surface area contributed by atoms with Crippen molar-refractivity contribution in [2.75, 3.05) is 7.11 Å². The van der Waals surface area contributed by atoms with Crippen molar-refractivity contribution < 1.29 is 14.9 Å². The average molecular weight is 376 g/mol. The van der Waals surface area contributed by atoms with Crippen molar-refractivity contribution in [3.63, 3.8) is 0 Å². The van der Waals surface area contributed by atoms with Crippen molar-refractivity contribution in [3.8, 4) is 27.8 Å². The summed E-state index contributed by atoms with van der Waals surface area (Å²) < 4.78 is 6.16. The van der Waals surface area contributed by atoms with E-state index in [1.807, 2.05) is 24.3 Å². The highest BCUT2D eigenvalue weighted by molar-refractivity contribution is 7.21. The molecule has 5 nitrogen and oxygen atoms in total. The molecule has 27 heavy (non-hydrogen) atoms. The number of nitrogens with zero attached hydrogens (tertiary/aromatic N) is 2. The maximum atomic E-state index is 10.4. The number of aromatic hydroxyl groups is 2. The normalized spacial score (nSPS) is 11.3. The Kier molecular flexibility index (Phi) is 4.48. The lowest BCUT2D eigenvalue weighted by Crippen LogP contribution is -1.88. The molecule has 0 radical (unpaired) electrons. The van der Waals surface area contributed by atoms with Crippen LogP contribution in [-0.4, -0.2) is 28.5 Å². The molecule has 0 fully saturated rings. The lowest BCUT2D eigenvalue weighted by Gasteiger charge is -2.05. The molecule has 134 valence electrons. The molecule has 1 heterocycles. The smallest absolute Gasteiger partial charge is 0.166 e. The number of thiazole rings is 1. The molecular weight excluding hydrogens is 360 g/mol. The molecule has 0 aliphatic rings. The van der Waals surface area contributed by atoms with Gasteiger partial charge in [-0.1, -0.05) is 18.2 Å². The molecule has 0 aliphatic carbocycles. The minimum atomic E-state index is 0.0269. The Morgan fingerprint density at radius 2 is 1.89 bits per heavy atom. The standard InChI is InChI=1S/C21H16N2O3S/c1-26-18-7-4-5-13(20(18)25)12-22-14-9-10-15(17(24)11-14)21-23-16-6-2-3-8-19(16)27-21/h2-12,24-25H,1H3. The third kappa shape index (κ3) is 3.35. The highest BCUT2D eigenvalue weighted by atomic mass is 32.1. The number of benzene rings is 3. The maximum Gasteiger partial charge on any atom is 0.166 e. The monoisotopic (exact) mass is 376 g/mol. The fraction of sp³-hybridized carbons (Fsp3) is 0.0476. The second kappa shape index (κ2) is 7.09. The second-order valence-corrected chi connectivity index (χ2v) is 6.88. The van der Waals surface area contributed by atoms with Gasteiger partial charge in [0.15, 0.2) is 11.5 Å². The van der Waals surface area contributed by atoms with Crippen LogP contribution in [0.2, 0.25) is 0 Å². The third-order valence-corrected chi connectivity index (χ3v) is 5.18. The lowest BCUT2D eigenvalue weighted by atomic mass is 10.2. The maximum absolute atomic E-state index is 10.4. The van der Waals surface area contributed by atoms with E-state index in [4.69, 9.17) is 4.74 Å². The summed E-state index contributed by atoms with van der Waals surface area (Å²) in [5.41, 5.74) is 2.68. The number of hydrogen-bond acceptors (Lipinski definition) is 6. The van der Waals surface area contributed by atoms with Crippen LogP contribution in [0.1, 0.15) is 5.56 Å². The Morgan fingerprint density at radius 3 is 2.67 bits per heavy atom. The number of phenols is 2. The van der Waals surface area contributed by atoms with E-state index in [-0.39, 0.29) is 11.5 Å². The van der Waals surface area contributed by atoms with Crippen LogP contribution in [0.25, 0.3) is 20.8 Å². The van der Waals surface area contributed by atoms with E-state index in [0.717, 1.165) is 15.2 Å². The minimum absolute atomic E-state index is 0.0269. The number of hydrogen-bond donors (Lipinski definition) is 2. The molecule has 3 aromatic carbocycles.